The second-order valence-corrected chi connectivity index (χ2v) is 8.54. The number of benzene rings is 1. The van der Waals surface area contributed by atoms with Crippen molar-refractivity contribution in [3.05, 3.63) is 35.2 Å². The van der Waals surface area contributed by atoms with Gasteiger partial charge >= 0.3 is 0 Å². The van der Waals surface area contributed by atoms with Gasteiger partial charge in [0, 0.05) is 4.70 Å². The summed E-state index contributed by atoms with van der Waals surface area (Å²) in [5.74, 6) is -0.360. The molecule has 0 aliphatic heterocycles. The Morgan fingerprint density at radius 3 is 2.55 bits per heavy atom. The summed E-state index contributed by atoms with van der Waals surface area (Å²) in [6.07, 6.45) is 1.04. The van der Waals surface area contributed by atoms with Crippen LogP contribution in [0.3, 0.4) is 0 Å². The van der Waals surface area contributed by atoms with Crippen molar-refractivity contribution in [2.75, 3.05) is 6.26 Å². The molecule has 1 heterocycles. The van der Waals surface area contributed by atoms with E-state index in [9.17, 15) is 13.2 Å². The van der Waals surface area contributed by atoms with Crippen LogP contribution in [0.4, 0.5) is 0 Å². The Morgan fingerprint density at radius 2 is 1.91 bits per heavy atom. The summed E-state index contributed by atoms with van der Waals surface area (Å²) in [5.41, 5.74) is -0.169. The zero-order chi connectivity index (χ0) is 16.5. The predicted octanol–water partition coefficient (Wildman–Crippen LogP) is 2.41. The number of sulfonamides is 1. The summed E-state index contributed by atoms with van der Waals surface area (Å²) in [6, 6.07) is 7.79. The van der Waals surface area contributed by atoms with Gasteiger partial charge < -0.3 is 5.32 Å². The lowest BCUT2D eigenvalue weighted by Crippen LogP contribution is -2.54. The molecule has 1 aromatic heterocycles. The highest BCUT2D eigenvalue weighted by Gasteiger charge is 2.31. The summed E-state index contributed by atoms with van der Waals surface area (Å²) in [7, 11) is -3.46. The Labute approximate surface area is 134 Å². The van der Waals surface area contributed by atoms with E-state index in [0.717, 1.165) is 21.9 Å². The Hall–Kier alpha value is -1.44. The molecule has 5 nitrogen and oxygen atoms in total. The van der Waals surface area contributed by atoms with Crippen LogP contribution in [-0.2, 0) is 14.8 Å². The van der Waals surface area contributed by atoms with Crippen LogP contribution in [0.5, 0.6) is 0 Å². The van der Waals surface area contributed by atoms with Crippen molar-refractivity contribution in [2.45, 2.75) is 32.4 Å². The Kier molecular flexibility index (Phi) is 4.60. The zero-order valence-corrected chi connectivity index (χ0v) is 14.6. The molecular weight excluding hydrogens is 320 g/mol. The van der Waals surface area contributed by atoms with E-state index in [4.69, 9.17) is 0 Å². The molecule has 120 valence electrons. The number of rotatable bonds is 5. The topological polar surface area (TPSA) is 75.3 Å². The van der Waals surface area contributed by atoms with Gasteiger partial charge in [-0.15, -0.1) is 11.3 Å². The van der Waals surface area contributed by atoms with Gasteiger partial charge in [0.25, 0.3) is 0 Å². The fraction of sp³-hybridized carbons (Fsp3) is 0.400. The van der Waals surface area contributed by atoms with Gasteiger partial charge in [0.15, 0.2) is 0 Å². The van der Waals surface area contributed by atoms with Gasteiger partial charge in [0.05, 0.1) is 12.3 Å². The largest absolute Gasteiger partial charge is 0.348 e. The van der Waals surface area contributed by atoms with E-state index >= 15 is 0 Å². The van der Waals surface area contributed by atoms with Crippen molar-refractivity contribution in [3.8, 4) is 0 Å². The summed E-state index contributed by atoms with van der Waals surface area (Å²) >= 11 is 1.62. The fourth-order valence-electron chi connectivity index (χ4n) is 2.30. The van der Waals surface area contributed by atoms with E-state index in [1.54, 1.807) is 25.2 Å². The first-order valence-corrected chi connectivity index (χ1v) is 9.63. The third-order valence-corrected chi connectivity index (χ3v) is 5.20. The van der Waals surface area contributed by atoms with Crippen LogP contribution in [0.15, 0.2) is 29.6 Å². The van der Waals surface area contributed by atoms with Gasteiger partial charge in [0.2, 0.25) is 15.9 Å². The lowest BCUT2D eigenvalue weighted by molar-refractivity contribution is -0.126. The van der Waals surface area contributed by atoms with E-state index in [2.05, 4.69) is 10.0 Å². The normalized spacial score (nSPS) is 14.0. The van der Waals surface area contributed by atoms with Gasteiger partial charge in [-0.25, -0.2) is 13.1 Å². The molecule has 1 atom stereocenters. The van der Waals surface area contributed by atoms with E-state index in [0.29, 0.717) is 0 Å². The number of hydrogen-bond donors (Lipinski definition) is 2. The maximum absolute atomic E-state index is 12.3. The highest BCUT2D eigenvalue weighted by Crippen LogP contribution is 2.30. The van der Waals surface area contributed by atoms with E-state index in [1.807, 2.05) is 36.6 Å². The van der Waals surface area contributed by atoms with Crippen molar-refractivity contribution in [1.29, 1.82) is 0 Å². The number of fused-ring (bicyclic) bond motifs is 1. The van der Waals surface area contributed by atoms with E-state index < -0.39 is 15.6 Å². The summed E-state index contributed by atoms with van der Waals surface area (Å²) in [6.45, 7) is 4.98. The van der Waals surface area contributed by atoms with Gasteiger partial charge in [-0.2, -0.15) is 0 Å². The van der Waals surface area contributed by atoms with E-state index in [1.165, 1.54) is 0 Å². The molecule has 0 aliphatic carbocycles. The highest BCUT2D eigenvalue weighted by atomic mass is 32.2. The SMILES string of the molecule is C[C@H](NC(=O)C(C)(C)NS(C)(=O)=O)c1csc2ccccc12. The summed E-state index contributed by atoms with van der Waals surface area (Å²) < 4.78 is 26.2. The molecule has 0 saturated carbocycles. The molecule has 0 aliphatic rings. The van der Waals surface area contributed by atoms with Crippen molar-refractivity contribution in [1.82, 2.24) is 10.0 Å². The quantitative estimate of drug-likeness (QED) is 0.877. The smallest absolute Gasteiger partial charge is 0.241 e. The molecule has 0 unspecified atom stereocenters. The summed E-state index contributed by atoms with van der Waals surface area (Å²) in [5, 5.41) is 6.00. The number of nitrogens with one attached hydrogen (secondary N) is 2. The second-order valence-electron chi connectivity index (χ2n) is 5.88. The minimum atomic E-state index is -3.46. The lowest BCUT2D eigenvalue weighted by Gasteiger charge is -2.26. The molecule has 2 N–H and O–H groups in total. The van der Waals surface area contributed by atoms with Crippen molar-refractivity contribution < 1.29 is 13.2 Å². The van der Waals surface area contributed by atoms with Crippen LogP contribution in [-0.4, -0.2) is 26.1 Å². The molecule has 1 amide bonds. The minimum absolute atomic E-state index is 0.204. The average molecular weight is 340 g/mol. The summed E-state index contributed by atoms with van der Waals surface area (Å²) in [4.78, 5) is 12.3. The van der Waals surface area contributed by atoms with Crippen LogP contribution in [0.1, 0.15) is 32.4 Å². The van der Waals surface area contributed by atoms with Crippen LogP contribution >= 0.6 is 11.3 Å². The first-order chi connectivity index (χ1) is 10.1. The molecule has 1 aromatic carbocycles. The highest BCUT2D eigenvalue weighted by molar-refractivity contribution is 7.88. The third-order valence-electron chi connectivity index (χ3n) is 3.33. The van der Waals surface area contributed by atoms with Gasteiger partial charge in [-0.05, 0) is 43.2 Å². The second kappa shape index (κ2) is 5.98. The Bertz CT molecular complexity index is 794. The molecule has 2 aromatic rings. The third kappa shape index (κ3) is 3.85. The Balaban J connectivity index is 2.18. The number of carbonyl (C=O) groups is 1. The average Bonchev–Trinajstić information content (AvgIpc) is 2.79. The first-order valence-electron chi connectivity index (χ1n) is 6.86. The zero-order valence-electron chi connectivity index (χ0n) is 13.0. The van der Waals surface area contributed by atoms with Gasteiger partial charge in [0.1, 0.15) is 5.54 Å². The standard InChI is InChI=1S/C15H20N2O3S2/c1-10(12-9-21-13-8-6-5-7-11(12)13)16-14(18)15(2,3)17-22(4,19)20/h5-10,17H,1-4H3,(H,16,18)/t10-/m0/s1. The molecule has 0 saturated heterocycles. The maximum atomic E-state index is 12.3. The molecular formula is C15H20N2O3S2. The van der Waals surface area contributed by atoms with Crippen LogP contribution < -0.4 is 10.0 Å². The number of hydrogen-bond acceptors (Lipinski definition) is 4. The molecule has 0 bridgehead atoms. The number of carbonyl (C=O) groups excluding carboxylic acids is 1. The van der Waals surface area contributed by atoms with Crippen LogP contribution in [0.2, 0.25) is 0 Å². The number of amides is 1. The van der Waals surface area contributed by atoms with Crippen molar-refractivity contribution in [3.63, 3.8) is 0 Å². The van der Waals surface area contributed by atoms with E-state index in [-0.39, 0.29) is 11.9 Å². The van der Waals surface area contributed by atoms with Crippen molar-refractivity contribution >= 4 is 37.4 Å². The Morgan fingerprint density at radius 1 is 1.27 bits per heavy atom. The van der Waals surface area contributed by atoms with Crippen LogP contribution in [0, 0.1) is 0 Å². The molecule has 2 rings (SSSR count). The molecule has 0 radical (unpaired) electrons. The van der Waals surface area contributed by atoms with Crippen LogP contribution in [0.25, 0.3) is 10.1 Å². The predicted molar refractivity (Wildman–Crippen MR) is 90.4 cm³/mol. The minimum Gasteiger partial charge on any atom is -0.348 e. The van der Waals surface area contributed by atoms with Gasteiger partial charge in [-0.3, -0.25) is 4.79 Å². The fourth-order valence-corrected chi connectivity index (χ4v) is 4.37. The van der Waals surface area contributed by atoms with Crippen molar-refractivity contribution in [2.24, 2.45) is 0 Å². The monoisotopic (exact) mass is 340 g/mol. The van der Waals surface area contributed by atoms with Gasteiger partial charge in [-0.1, -0.05) is 18.2 Å². The molecule has 7 heteroatoms. The molecule has 0 fully saturated rings. The lowest BCUT2D eigenvalue weighted by atomic mass is 10.0. The maximum Gasteiger partial charge on any atom is 0.241 e. The first kappa shape index (κ1) is 16.9. The number of thiophene rings is 1. The molecule has 22 heavy (non-hydrogen) atoms. The molecule has 0 spiro atoms.